The van der Waals surface area contributed by atoms with Crippen molar-refractivity contribution >= 4 is 17.0 Å². The second kappa shape index (κ2) is 6.08. The molecule has 0 unspecified atom stereocenters. The third-order valence-electron chi connectivity index (χ3n) is 3.64. The summed E-state index contributed by atoms with van der Waals surface area (Å²) in [5.41, 5.74) is 1.69. The summed E-state index contributed by atoms with van der Waals surface area (Å²) >= 11 is 0. The molecule has 0 atom stereocenters. The van der Waals surface area contributed by atoms with Gasteiger partial charge in [0.25, 0.3) is 0 Å². The molecule has 0 saturated carbocycles. The monoisotopic (exact) mass is 321 g/mol. The molecule has 6 heteroatoms. The van der Waals surface area contributed by atoms with Gasteiger partial charge in [0.05, 0.1) is 13.7 Å². The summed E-state index contributed by atoms with van der Waals surface area (Å²) in [5, 5.41) is 8.12. The number of nitrogens with zero attached hydrogens (tertiary/aromatic N) is 2. The molecule has 4 rings (SSSR count). The molecule has 0 amide bonds. The van der Waals surface area contributed by atoms with Crippen molar-refractivity contribution in [2.75, 3.05) is 12.4 Å². The van der Waals surface area contributed by atoms with Gasteiger partial charge in [-0.3, -0.25) is 0 Å². The number of hydrogen-bond acceptors (Lipinski definition) is 6. The van der Waals surface area contributed by atoms with Gasteiger partial charge in [-0.1, -0.05) is 35.5 Å². The van der Waals surface area contributed by atoms with Gasteiger partial charge in [-0.2, -0.15) is 4.98 Å². The fraction of sp³-hybridized carbons (Fsp3) is 0.111. The molecule has 6 nitrogen and oxygen atoms in total. The Kier molecular flexibility index (Phi) is 3.63. The van der Waals surface area contributed by atoms with Crippen LogP contribution < -0.4 is 10.1 Å². The zero-order valence-corrected chi connectivity index (χ0v) is 13.0. The minimum atomic E-state index is 0.341. The fourth-order valence-electron chi connectivity index (χ4n) is 2.46. The first kappa shape index (κ1) is 14.3. The Bertz CT molecular complexity index is 941. The van der Waals surface area contributed by atoms with Crippen LogP contribution in [-0.2, 0) is 6.54 Å². The van der Waals surface area contributed by atoms with E-state index in [-0.39, 0.29) is 0 Å². The van der Waals surface area contributed by atoms with Crippen LogP contribution in [0.1, 0.15) is 5.76 Å². The number of anilines is 1. The number of furan rings is 1. The van der Waals surface area contributed by atoms with Crippen LogP contribution in [-0.4, -0.2) is 17.3 Å². The van der Waals surface area contributed by atoms with Gasteiger partial charge in [0.1, 0.15) is 17.1 Å². The van der Waals surface area contributed by atoms with Gasteiger partial charge < -0.3 is 19.0 Å². The van der Waals surface area contributed by atoms with Gasteiger partial charge in [0.2, 0.25) is 5.82 Å². The predicted octanol–water partition coefficient (Wildman–Crippen LogP) is 4.10. The molecule has 4 aromatic rings. The van der Waals surface area contributed by atoms with Crippen molar-refractivity contribution in [1.82, 2.24) is 10.1 Å². The molecule has 2 aromatic heterocycles. The Labute approximate surface area is 138 Å². The van der Waals surface area contributed by atoms with Crippen LogP contribution >= 0.6 is 0 Å². The van der Waals surface area contributed by atoms with Gasteiger partial charge in [-0.15, -0.1) is 0 Å². The third kappa shape index (κ3) is 2.81. The lowest BCUT2D eigenvalue weighted by Crippen LogP contribution is -1.98. The van der Waals surface area contributed by atoms with Crippen LogP contribution in [0.5, 0.6) is 5.75 Å². The molecular formula is C18H15N3O3. The molecule has 2 heterocycles. The van der Waals surface area contributed by atoms with E-state index in [1.807, 2.05) is 54.6 Å². The minimum absolute atomic E-state index is 0.341. The van der Waals surface area contributed by atoms with Crippen molar-refractivity contribution in [2.45, 2.75) is 6.54 Å². The quantitative estimate of drug-likeness (QED) is 0.596. The maximum Gasteiger partial charge on any atom is 0.322 e. The highest BCUT2D eigenvalue weighted by Gasteiger charge is 2.10. The van der Waals surface area contributed by atoms with E-state index in [1.165, 1.54) is 0 Å². The number of ether oxygens (including phenoxy) is 1. The second-order valence-electron chi connectivity index (χ2n) is 5.26. The van der Waals surface area contributed by atoms with Crippen LogP contribution in [0.15, 0.2) is 63.5 Å². The van der Waals surface area contributed by atoms with Crippen LogP contribution in [0.3, 0.4) is 0 Å². The predicted molar refractivity (Wildman–Crippen MR) is 89.8 cm³/mol. The lowest BCUT2D eigenvalue weighted by Gasteiger charge is -2.00. The van der Waals surface area contributed by atoms with Crippen molar-refractivity contribution in [2.24, 2.45) is 0 Å². The number of nitrogens with one attached hydrogen (secondary N) is 1. The summed E-state index contributed by atoms with van der Waals surface area (Å²) in [6, 6.07) is 17.7. The van der Waals surface area contributed by atoms with E-state index in [2.05, 4.69) is 15.5 Å². The van der Waals surface area contributed by atoms with Crippen LogP contribution in [0, 0.1) is 0 Å². The number of methoxy groups -OCH3 is 1. The van der Waals surface area contributed by atoms with Gasteiger partial charge in [0.15, 0.2) is 0 Å². The number of fused-ring (bicyclic) bond motifs is 1. The maximum atomic E-state index is 5.74. The van der Waals surface area contributed by atoms with E-state index in [1.54, 1.807) is 7.11 Å². The normalized spacial score (nSPS) is 10.9. The van der Waals surface area contributed by atoms with E-state index >= 15 is 0 Å². The minimum Gasteiger partial charge on any atom is -0.497 e. The van der Waals surface area contributed by atoms with E-state index in [0.29, 0.717) is 18.4 Å². The summed E-state index contributed by atoms with van der Waals surface area (Å²) in [6.45, 7) is 0.467. The summed E-state index contributed by atoms with van der Waals surface area (Å²) in [7, 11) is 1.62. The first-order chi connectivity index (χ1) is 11.8. The lowest BCUT2D eigenvalue weighted by molar-refractivity contribution is 0.414. The molecule has 120 valence electrons. The van der Waals surface area contributed by atoms with Crippen LogP contribution in [0.2, 0.25) is 0 Å². The molecule has 0 bridgehead atoms. The zero-order chi connectivity index (χ0) is 16.4. The van der Waals surface area contributed by atoms with Gasteiger partial charge in [-0.05, 0) is 24.3 Å². The Balaban J connectivity index is 1.48. The summed E-state index contributed by atoms with van der Waals surface area (Å²) in [4.78, 5) is 4.34. The largest absolute Gasteiger partial charge is 0.497 e. The van der Waals surface area contributed by atoms with Crippen molar-refractivity contribution in [3.05, 3.63) is 60.4 Å². The molecule has 0 aliphatic carbocycles. The Hall–Kier alpha value is -3.28. The molecule has 1 N–H and O–H groups in total. The van der Waals surface area contributed by atoms with E-state index < -0.39 is 0 Å². The summed E-state index contributed by atoms with van der Waals surface area (Å²) in [5.74, 6) is 2.05. The van der Waals surface area contributed by atoms with Crippen LogP contribution in [0.25, 0.3) is 22.4 Å². The molecule has 0 fully saturated rings. The van der Waals surface area contributed by atoms with Crippen molar-refractivity contribution in [1.29, 1.82) is 0 Å². The first-order valence-electron chi connectivity index (χ1n) is 7.51. The number of benzene rings is 2. The molecule has 0 spiro atoms. The molecule has 0 saturated heterocycles. The van der Waals surface area contributed by atoms with Crippen molar-refractivity contribution < 1.29 is 13.7 Å². The first-order valence-corrected chi connectivity index (χ1v) is 7.51. The average molecular weight is 321 g/mol. The highest BCUT2D eigenvalue weighted by atomic mass is 16.5. The maximum absolute atomic E-state index is 5.74. The fourth-order valence-corrected chi connectivity index (χ4v) is 2.46. The SMILES string of the molecule is COc1cccc(-c2noc(NCc3cc4ccccc4o3)n2)c1. The Morgan fingerprint density at radius 3 is 2.88 bits per heavy atom. The molecule has 0 radical (unpaired) electrons. The van der Waals surface area contributed by atoms with E-state index in [0.717, 1.165) is 28.0 Å². The van der Waals surface area contributed by atoms with E-state index in [9.17, 15) is 0 Å². The summed E-state index contributed by atoms with van der Waals surface area (Å²) in [6.07, 6.45) is 0. The zero-order valence-electron chi connectivity index (χ0n) is 13.0. The standard InChI is InChI=1S/C18H15N3O3/c1-22-14-7-4-6-13(10-14)17-20-18(24-21-17)19-11-15-9-12-5-2-3-8-16(12)23-15/h2-10H,11H2,1H3,(H,19,20,21). The average Bonchev–Trinajstić information content (AvgIpc) is 3.26. The van der Waals surface area contributed by atoms with Gasteiger partial charge in [-0.25, -0.2) is 0 Å². The Morgan fingerprint density at radius 1 is 1.08 bits per heavy atom. The molecule has 0 aliphatic heterocycles. The molecular weight excluding hydrogens is 306 g/mol. The van der Waals surface area contributed by atoms with Gasteiger partial charge in [0, 0.05) is 10.9 Å². The lowest BCUT2D eigenvalue weighted by atomic mass is 10.2. The number of hydrogen-bond donors (Lipinski definition) is 1. The topological polar surface area (TPSA) is 73.3 Å². The molecule has 24 heavy (non-hydrogen) atoms. The summed E-state index contributed by atoms with van der Waals surface area (Å²) < 4.78 is 16.2. The van der Waals surface area contributed by atoms with Crippen molar-refractivity contribution in [3.63, 3.8) is 0 Å². The van der Waals surface area contributed by atoms with Crippen LogP contribution in [0.4, 0.5) is 6.01 Å². The number of para-hydroxylation sites is 1. The molecule has 0 aliphatic rings. The Morgan fingerprint density at radius 2 is 2.00 bits per heavy atom. The molecule has 2 aromatic carbocycles. The highest BCUT2D eigenvalue weighted by molar-refractivity contribution is 5.77. The second-order valence-corrected chi connectivity index (χ2v) is 5.26. The number of aromatic nitrogens is 2. The third-order valence-corrected chi connectivity index (χ3v) is 3.64. The van der Waals surface area contributed by atoms with Gasteiger partial charge >= 0.3 is 6.01 Å². The van der Waals surface area contributed by atoms with Crippen molar-refractivity contribution in [3.8, 4) is 17.1 Å². The van der Waals surface area contributed by atoms with E-state index in [4.69, 9.17) is 13.7 Å². The highest BCUT2D eigenvalue weighted by Crippen LogP contribution is 2.23. The smallest absolute Gasteiger partial charge is 0.322 e. The number of rotatable bonds is 5.